The minimum Gasteiger partial charge on any atom is -0.459 e. The zero-order valence-corrected chi connectivity index (χ0v) is 18.0. The summed E-state index contributed by atoms with van der Waals surface area (Å²) in [6, 6.07) is 6.01. The monoisotopic (exact) mass is 428 g/mol. The van der Waals surface area contributed by atoms with Gasteiger partial charge in [-0.2, -0.15) is 0 Å². The van der Waals surface area contributed by atoms with Crippen molar-refractivity contribution in [2.45, 2.75) is 46.1 Å². The quantitative estimate of drug-likeness (QED) is 0.302. The Labute approximate surface area is 178 Å². The van der Waals surface area contributed by atoms with Crippen LogP contribution in [-0.2, 0) is 22.4 Å². The molecule has 1 heterocycles. The highest BCUT2D eigenvalue weighted by molar-refractivity contribution is 7.17. The Bertz CT molecular complexity index is 1010. The number of carbonyl (C=O) groups is 2. The first-order valence-corrected chi connectivity index (χ1v) is 10.6. The van der Waals surface area contributed by atoms with Gasteiger partial charge in [0.2, 0.25) is 5.91 Å². The number of nitro groups is 1. The van der Waals surface area contributed by atoms with Gasteiger partial charge in [0.05, 0.1) is 16.6 Å². The molecule has 0 spiro atoms. The number of rotatable bonds is 6. The SMILES string of the molecule is CC1CCc2c(sc(NC(=O)C=Cc3cccc([N+](=O)[O-])c3)c2C(=O)OC(C)C)C1. The van der Waals surface area contributed by atoms with Crippen molar-refractivity contribution in [2.24, 2.45) is 5.92 Å². The second-order valence-electron chi connectivity index (χ2n) is 7.68. The Morgan fingerprint density at radius 2 is 2.13 bits per heavy atom. The smallest absolute Gasteiger partial charge is 0.341 e. The van der Waals surface area contributed by atoms with E-state index in [0.717, 1.165) is 29.7 Å². The van der Waals surface area contributed by atoms with Crippen molar-refractivity contribution in [1.29, 1.82) is 0 Å². The highest BCUT2D eigenvalue weighted by atomic mass is 32.1. The van der Waals surface area contributed by atoms with Gasteiger partial charge >= 0.3 is 5.97 Å². The molecule has 1 amide bonds. The van der Waals surface area contributed by atoms with Crippen molar-refractivity contribution in [3.05, 3.63) is 62.0 Å². The van der Waals surface area contributed by atoms with E-state index < -0.39 is 16.8 Å². The number of fused-ring (bicyclic) bond motifs is 1. The van der Waals surface area contributed by atoms with Crippen molar-refractivity contribution < 1.29 is 19.2 Å². The topological polar surface area (TPSA) is 98.5 Å². The highest BCUT2D eigenvalue weighted by Gasteiger charge is 2.29. The number of hydrogen-bond acceptors (Lipinski definition) is 6. The first-order valence-electron chi connectivity index (χ1n) is 9.83. The van der Waals surface area contributed by atoms with Crippen LogP contribution in [0.15, 0.2) is 30.3 Å². The van der Waals surface area contributed by atoms with E-state index in [1.54, 1.807) is 26.0 Å². The number of esters is 1. The zero-order chi connectivity index (χ0) is 21.8. The molecule has 1 aromatic heterocycles. The molecule has 30 heavy (non-hydrogen) atoms. The highest BCUT2D eigenvalue weighted by Crippen LogP contribution is 2.40. The summed E-state index contributed by atoms with van der Waals surface area (Å²) in [5, 5.41) is 14.2. The number of ether oxygens (including phenoxy) is 1. The largest absolute Gasteiger partial charge is 0.459 e. The van der Waals surface area contributed by atoms with E-state index in [2.05, 4.69) is 12.2 Å². The Kier molecular flexibility index (Phi) is 6.66. The predicted octanol–water partition coefficient (Wildman–Crippen LogP) is 5.00. The van der Waals surface area contributed by atoms with Crippen LogP contribution in [0.3, 0.4) is 0 Å². The lowest BCUT2D eigenvalue weighted by Crippen LogP contribution is -2.18. The molecular weight excluding hydrogens is 404 g/mol. The second kappa shape index (κ2) is 9.21. The molecule has 0 bridgehead atoms. The molecule has 0 saturated heterocycles. The molecule has 1 aliphatic rings. The number of amides is 1. The maximum atomic E-state index is 12.7. The van der Waals surface area contributed by atoms with Gasteiger partial charge in [0.15, 0.2) is 0 Å². The van der Waals surface area contributed by atoms with Crippen LogP contribution in [0.1, 0.15) is 53.6 Å². The van der Waals surface area contributed by atoms with Gasteiger partial charge in [-0.3, -0.25) is 14.9 Å². The number of nitro benzene ring substituents is 1. The van der Waals surface area contributed by atoms with Crippen LogP contribution in [0.25, 0.3) is 6.08 Å². The fraction of sp³-hybridized carbons (Fsp3) is 0.364. The number of benzene rings is 1. The summed E-state index contributed by atoms with van der Waals surface area (Å²) in [6.07, 6.45) is 5.21. The predicted molar refractivity (Wildman–Crippen MR) is 117 cm³/mol. The fourth-order valence-electron chi connectivity index (χ4n) is 3.40. The average Bonchev–Trinajstić information content (AvgIpc) is 3.02. The lowest BCUT2D eigenvalue weighted by molar-refractivity contribution is -0.384. The molecule has 158 valence electrons. The number of nitrogens with one attached hydrogen (secondary N) is 1. The van der Waals surface area contributed by atoms with Crippen LogP contribution in [0.2, 0.25) is 0 Å². The number of carbonyl (C=O) groups excluding carboxylic acids is 2. The normalized spacial score (nSPS) is 15.8. The van der Waals surface area contributed by atoms with Crippen molar-refractivity contribution in [2.75, 3.05) is 5.32 Å². The van der Waals surface area contributed by atoms with E-state index in [4.69, 9.17) is 4.74 Å². The summed E-state index contributed by atoms with van der Waals surface area (Å²) >= 11 is 1.42. The lowest BCUT2D eigenvalue weighted by Gasteiger charge is -2.18. The molecule has 1 N–H and O–H groups in total. The molecule has 1 aromatic carbocycles. The number of non-ortho nitro benzene ring substituents is 1. The number of thiophene rings is 1. The first-order chi connectivity index (χ1) is 14.2. The standard InChI is InChI=1S/C22H24N2O5S/c1-13(2)29-22(26)20-17-9-7-14(3)11-18(17)30-21(20)23-19(25)10-8-15-5-4-6-16(12-15)24(27)28/h4-6,8,10,12-14H,7,9,11H2,1-3H3,(H,23,25). The molecule has 1 aliphatic carbocycles. The molecule has 0 fully saturated rings. The average molecular weight is 429 g/mol. The summed E-state index contributed by atoms with van der Waals surface area (Å²) < 4.78 is 5.41. The molecule has 1 atom stereocenters. The van der Waals surface area contributed by atoms with Crippen LogP contribution in [0, 0.1) is 16.0 Å². The molecule has 3 rings (SSSR count). The van der Waals surface area contributed by atoms with Crippen LogP contribution < -0.4 is 5.32 Å². The summed E-state index contributed by atoms with van der Waals surface area (Å²) in [6.45, 7) is 5.76. The van der Waals surface area contributed by atoms with Gasteiger partial charge in [-0.1, -0.05) is 19.1 Å². The van der Waals surface area contributed by atoms with Gasteiger partial charge in [0.1, 0.15) is 5.00 Å². The molecule has 0 aliphatic heterocycles. The molecule has 0 radical (unpaired) electrons. The van der Waals surface area contributed by atoms with Gasteiger partial charge in [-0.25, -0.2) is 4.79 Å². The van der Waals surface area contributed by atoms with E-state index in [1.165, 1.54) is 35.6 Å². The van der Waals surface area contributed by atoms with E-state index in [1.807, 2.05) is 0 Å². The maximum Gasteiger partial charge on any atom is 0.341 e. The lowest BCUT2D eigenvalue weighted by atomic mass is 9.88. The third-order valence-corrected chi connectivity index (χ3v) is 5.97. The molecule has 2 aromatic rings. The molecule has 7 nitrogen and oxygen atoms in total. The van der Waals surface area contributed by atoms with Crippen molar-refractivity contribution >= 4 is 40.0 Å². The van der Waals surface area contributed by atoms with Crippen LogP contribution in [-0.4, -0.2) is 22.9 Å². The number of anilines is 1. The molecular formula is C22H24N2O5S. The van der Waals surface area contributed by atoms with Gasteiger partial charge < -0.3 is 10.1 Å². The second-order valence-corrected chi connectivity index (χ2v) is 8.79. The van der Waals surface area contributed by atoms with Crippen molar-refractivity contribution in [3.63, 3.8) is 0 Å². The number of nitrogens with zero attached hydrogens (tertiary/aromatic N) is 1. The van der Waals surface area contributed by atoms with E-state index in [-0.39, 0.29) is 11.8 Å². The Hall–Kier alpha value is -3.00. The van der Waals surface area contributed by atoms with E-state index in [0.29, 0.717) is 22.0 Å². The minimum absolute atomic E-state index is 0.0451. The summed E-state index contributed by atoms with van der Waals surface area (Å²) in [5.74, 6) is -0.302. The van der Waals surface area contributed by atoms with Crippen molar-refractivity contribution in [1.82, 2.24) is 0 Å². The van der Waals surface area contributed by atoms with Crippen LogP contribution >= 0.6 is 11.3 Å². The Morgan fingerprint density at radius 3 is 2.83 bits per heavy atom. The van der Waals surface area contributed by atoms with Crippen LogP contribution in [0.4, 0.5) is 10.7 Å². The zero-order valence-electron chi connectivity index (χ0n) is 17.1. The van der Waals surface area contributed by atoms with Crippen LogP contribution in [0.5, 0.6) is 0 Å². The third kappa shape index (κ3) is 5.13. The van der Waals surface area contributed by atoms with E-state index in [9.17, 15) is 19.7 Å². The first kappa shape index (κ1) is 21.7. The molecule has 8 heteroatoms. The molecule has 1 unspecified atom stereocenters. The third-order valence-electron chi connectivity index (χ3n) is 4.80. The Balaban J connectivity index is 1.83. The van der Waals surface area contributed by atoms with Gasteiger partial charge in [0, 0.05) is 23.1 Å². The minimum atomic E-state index is -0.485. The summed E-state index contributed by atoms with van der Waals surface area (Å²) in [4.78, 5) is 36.7. The Morgan fingerprint density at radius 1 is 1.37 bits per heavy atom. The fourth-order valence-corrected chi connectivity index (χ4v) is 4.80. The van der Waals surface area contributed by atoms with Gasteiger partial charge in [0.25, 0.3) is 5.69 Å². The van der Waals surface area contributed by atoms with Gasteiger partial charge in [-0.15, -0.1) is 11.3 Å². The number of hydrogen-bond donors (Lipinski definition) is 1. The van der Waals surface area contributed by atoms with Gasteiger partial charge in [-0.05, 0) is 56.2 Å². The van der Waals surface area contributed by atoms with E-state index >= 15 is 0 Å². The summed E-state index contributed by atoms with van der Waals surface area (Å²) in [7, 11) is 0. The summed E-state index contributed by atoms with van der Waals surface area (Å²) in [5.41, 5.74) is 1.92. The maximum absolute atomic E-state index is 12.7. The molecule has 0 saturated carbocycles. The van der Waals surface area contributed by atoms with Crippen molar-refractivity contribution in [3.8, 4) is 0 Å².